The maximum Gasteiger partial charge on any atom is 0.469 e. The lowest BCUT2D eigenvalue weighted by Crippen LogP contribution is -2.45. The smallest absolute Gasteiger partial charge is 0.390 e. The summed E-state index contributed by atoms with van der Waals surface area (Å²) < 4.78 is 22.8. The molecule has 3 aromatic carbocycles. The standard InChI is InChI=1S/C30H32N5O10P/c1-12-14-5-3-4-6-15(14)13(2)21-16(12)7-8-17-22(21)23(26(38)27(39)25(17)37)32-30-33-28-24(29(40)34-30)31-11-35(28)20-9-18(36)19(45-20)10-44-46(41,42)43/h3-8,11,18-20,23,25-27,36-39H,9-10H2,1-2H3,(H2,41,42,43)(H2,32,33,34,40)/t18?,19?,20?,23-,25-,26-,27+/m1/s1. The molecule has 5 aromatic rings. The van der Waals surface area contributed by atoms with Gasteiger partial charge in [-0.3, -0.25) is 18.9 Å². The van der Waals surface area contributed by atoms with E-state index in [0.29, 0.717) is 11.1 Å². The van der Waals surface area contributed by atoms with Crippen LogP contribution in [0.1, 0.15) is 47.0 Å². The molecular weight excluding hydrogens is 621 g/mol. The number of rotatable bonds is 6. The maximum atomic E-state index is 13.2. The van der Waals surface area contributed by atoms with Crippen molar-refractivity contribution < 1.29 is 44.0 Å². The molecule has 1 fully saturated rings. The number of aromatic amines is 1. The van der Waals surface area contributed by atoms with E-state index in [1.54, 1.807) is 6.07 Å². The van der Waals surface area contributed by atoms with Crippen LogP contribution in [-0.2, 0) is 13.8 Å². The van der Waals surface area contributed by atoms with Crippen LogP contribution in [0.25, 0.3) is 32.7 Å². The van der Waals surface area contributed by atoms with Gasteiger partial charge in [-0.15, -0.1) is 0 Å². The summed E-state index contributed by atoms with van der Waals surface area (Å²) >= 11 is 0. The van der Waals surface area contributed by atoms with Crippen molar-refractivity contribution in [2.75, 3.05) is 11.9 Å². The molecule has 3 heterocycles. The van der Waals surface area contributed by atoms with Crippen LogP contribution >= 0.6 is 7.82 Å². The number of H-pyrrole nitrogens is 1. The number of imidazole rings is 1. The van der Waals surface area contributed by atoms with Gasteiger partial charge in [0.15, 0.2) is 11.2 Å². The lowest BCUT2D eigenvalue weighted by atomic mass is 9.77. The van der Waals surface area contributed by atoms with Crippen molar-refractivity contribution in [2.45, 2.75) is 63.1 Å². The number of hydrogen-bond donors (Lipinski definition) is 8. The van der Waals surface area contributed by atoms with Gasteiger partial charge in [0.05, 0.1) is 25.1 Å². The lowest BCUT2D eigenvalue weighted by Gasteiger charge is -2.39. The number of anilines is 1. The monoisotopic (exact) mass is 653 g/mol. The molecule has 46 heavy (non-hydrogen) atoms. The van der Waals surface area contributed by atoms with Crippen molar-refractivity contribution in [3.63, 3.8) is 0 Å². The van der Waals surface area contributed by atoms with E-state index >= 15 is 0 Å². The van der Waals surface area contributed by atoms with Gasteiger partial charge in [-0.05, 0) is 57.6 Å². The van der Waals surface area contributed by atoms with Crippen LogP contribution in [0.5, 0.6) is 0 Å². The van der Waals surface area contributed by atoms with E-state index in [9.17, 15) is 29.8 Å². The Hall–Kier alpha value is -3.76. The summed E-state index contributed by atoms with van der Waals surface area (Å²) in [5.74, 6) is -0.0649. The number of hydrogen-bond acceptors (Lipinski definition) is 11. The summed E-state index contributed by atoms with van der Waals surface area (Å²) in [5, 5.41) is 50.6. The normalized spacial score (nSPS) is 26.7. The van der Waals surface area contributed by atoms with Crippen molar-refractivity contribution in [2.24, 2.45) is 0 Å². The van der Waals surface area contributed by atoms with Crippen LogP contribution in [0.4, 0.5) is 5.95 Å². The summed E-state index contributed by atoms with van der Waals surface area (Å²) in [6.07, 6.45) is -6.22. The number of aromatic nitrogens is 4. The number of benzene rings is 3. The minimum atomic E-state index is -4.80. The molecule has 7 atom stereocenters. The average molecular weight is 654 g/mol. The lowest BCUT2D eigenvalue weighted by molar-refractivity contribution is -0.0767. The number of nitrogens with zero attached hydrogens (tertiary/aromatic N) is 3. The number of nitrogens with one attached hydrogen (secondary N) is 2. The predicted molar refractivity (Wildman–Crippen MR) is 165 cm³/mol. The summed E-state index contributed by atoms with van der Waals surface area (Å²) in [4.78, 5) is 42.5. The molecule has 0 saturated carbocycles. The van der Waals surface area contributed by atoms with Gasteiger partial charge in [-0.2, -0.15) is 4.98 Å². The number of aliphatic hydroxyl groups is 4. The van der Waals surface area contributed by atoms with Gasteiger partial charge >= 0.3 is 7.82 Å². The molecular formula is C30H32N5O10P. The van der Waals surface area contributed by atoms with Crippen LogP contribution in [-0.4, -0.2) is 80.8 Å². The quantitative estimate of drug-likeness (QED) is 0.0965. The summed E-state index contributed by atoms with van der Waals surface area (Å²) in [7, 11) is -4.80. The van der Waals surface area contributed by atoms with E-state index in [1.807, 2.05) is 44.2 Å². The second-order valence-corrected chi connectivity index (χ2v) is 13.0. The van der Waals surface area contributed by atoms with E-state index in [0.717, 1.165) is 32.7 Å². The van der Waals surface area contributed by atoms with Crippen molar-refractivity contribution in [3.8, 4) is 0 Å². The maximum absolute atomic E-state index is 13.2. The summed E-state index contributed by atoms with van der Waals surface area (Å²) in [6.45, 7) is 3.40. The fourth-order valence-electron chi connectivity index (χ4n) is 6.82. The first-order chi connectivity index (χ1) is 21.8. The molecule has 2 aliphatic rings. The first-order valence-corrected chi connectivity index (χ1v) is 16.1. The summed E-state index contributed by atoms with van der Waals surface area (Å²) in [5.41, 5.74) is 2.32. The number of aliphatic hydroxyl groups excluding tert-OH is 4. The fourth-order valence-corrected chi connectivity index (χ4v) is 7.16. The molecule has 0 amide bonds. The number of phosphoric ester groups is 1. The van der Waals surface area contributed by atoms with Gasteiger partial charge in [0.1, 0.15) is 30.6 Å². The second-order valence-electron chi connectivity index (χ2n) is 11.8. The SMILES string of the molecule is Cc1c2ccccc2c(C)c2c3c(ccc12)[C@@H](O)[C@H](O)[C@H](O)[C@@H]3Nc1nc2c(ncn2C2CC(O)C(COP(=O)(O)O)O2)c(=O)[nH]1. The molecule has 15 nitrogen and oxygen atoms in total. The van der Waals surface area contributed by atoms with E-state index in [1.165, 1.54) is 10.9 Å². The third-order valence-corrected chi connectivity index (χ3v) is 9.57. The van der Waals surface area contributed by atoms with Gasteiger partial charge < -0.3 is 40.3 Å². The predicted octanol–water partition coefficient (Wildman–Crippen LogP) is 1.72. The molecule has 0 radical (unpaired) electrons. The highest BCUT2D eigenvalue weighted by atomic mass is 31.2. The van der Waals surface area contributed by atoms with Crippen LogP contribution in [0.2, 0.25) is 0 Å². The van der Waals surface area contributed by atoms with Crippen molar-refractivity contribution >= 4 is 46.5 Å². The number of ether oxygens (including phenoxy) is 1. The highest BCUT2D eigenvalue weighted by Crippen LogP contribution is 2.45. The zero-order valence-electron chi connectivity index (χ0n) is 24.6. The first-order valence-electron chi connectivity index (χ1n) is 14.6. The molecule has 16 heteroatoms. The van der Waals surface area contributed by atoms with E-state index in [2.05, 4.69) is 24.8 Å². The Morgan fingerprint density at radius 2 is 1.76 bits per heavy atom. The molecule has 0 bridgehead atoms. The van der Waals surface area contributed by atoms with Gasteiger partial charge in [-0.25, -0.2) is 9.55 Å². The topological polar surface area (TPSA) is 233 Å². The largest absolute Gasteiger partial charge is 0.469 e. The van der Waals surface area contributed by atoms with E-state index in [4.69, 9.17) is 14.5 Å². The summed E-state index contributed by atoms with van der Waals surface area (Å²) in [6, 6.07) is 10.5. The minimum Gasteiger partial charge on any atom is -0.390 e. The number of fused-ring (bicyclic) bond motifs is 5. The van der Waals surface area contributed by atoms with Crippen molar-refractivity contribution in [1.29, 1.82) is 0 Å². The number of phosphoric acid groups is 1. The molecule has 242 valence electrons. The van der Waals surface area contributed by atoms with Gasteiger partial charge in [-0.1, -0.05) is 36.4 Å². The Kier molecular flexibility index (Phi) is 7.51. The van der Waals surface area contributed by atoms with E-state index in [-0.39, 0.29) is 23.5 Å². The van der Waals surface area contributed by atoms with Gasteiger partial charge in [0, 0.05) is 6.42 Å². The molecule has 3 unspecified atom stereocenters. The fraction of sp³-hybridized carbons (Fsp3) is 0.367. The molecule has 0 spiro atoms. The van der Waals surface area contributed by atoms with Crippen LogP contribution in [0.15, 0.2) is 47.5 Å². The third-order valence-electron chi connectivity index (χ3n) is 9.08. The molecule has 1 aliphatic heterocycles. The van der Waals surface area contributed by atoms with Crippen LogP contribution in [0.3, 0.4) is 0 Å². The van der Waals surface area contributed by atoms with E-state index < -0.39 is 62.8 Å². The zero-order chi connectivity index (χ0) is 32.7. The third kappa shape index (κ3) is 5.01. The highest BCUT2D eigenvalue weighted by molar-refractivity contribution is 7.46. The second kappa shape index (κ2) is 11.2. The van der Waals surface area contributed by atoms with Crippen LogP contribution < -0.4 is 10.9 Å². The van der Waals surface area contributed by atoms with Crippen molar-refractivity contribution in [3.05, 3.63) is 75.3 Å². The average Bonchev–Trinajstić information content (AvgIpc) is 3.62. The Morgan fingerprint density at radius 1 is 1.04 bits per heavy atom. The number of aryl methyl sites for hydroxylation is 2. The molecule has 2 aromatic heterocycles. The highest BCUT2D eigenvalue weighted by Gasteiger charge is 2.43. The Bertz CT molecular complexity index is 2110. The molecule has 1 saturated heterocycles. The molecule has 8 N–H and O–H groups in total. The van der Waals surface area contributed by atoms with Gasteiger partial charge in [0.25, 0.3) is 5.56 Å². The van der Waals surface area contributed by atoms with Crippen molar-refractivity contribution in [1.82, 2.24) is 19.5 Å². The van der Waals surface area contributed by atoms with Gasteiger partial charge in [0.2, 0.25) is 5.95 Å². The first kappa shape index (κ1) is 30.9. The Labute approximate surface area is 260 Å². The molecule has 1 aliphatic carbocycles. The zero-order valence-corrected chi connectivity index (χ0v) is 25.5. The molecule has 7 rings (SSSR count). The van der Waals surface area contributed by atoms with Crippen LogP contribution in [0, 0.1) is 13.8 Å². The Morgan fingerprint density at radius 3 is 2.48 bits per heavy atom. The Balaban J connectivity index is 1.31. The minimum absolute atomic E-state index is 0.00471.